The molecule has 122 valence electrons. The largest absolute Gasteiger partial charge is 0.491 e. The second-order valence-electron chi connectivity index (χ2n) is 5.33. The lowest BCUT2D eigenvalue weighted by atomic mass is 10.2. The summed E-state index contributed by atoms with van der Waals surface area (Å²) < 4.78 is 5.67. The highest BCUT2D eigenvalue weighted by molar-refractivity contribution is 5.72. The van der Waals surface area contributed by atoms with Crippen molar-refractivity contribution in [3.05, 3.63) is 54.1 Å². The van der Waals surface area contributed by atoms with Gasteiger partial charge in [-0.1, -0.05) is 24.3 Å². The Morgan fingerprint density at radius 1 is 1.30 bits per heavy atom. The molecule has 0 aliphatic rings. The Morgan fingerprint density at radius 2 is 2.04 bits per heavy atom. The van der Waals surface area contributed by atoms with Crippen LogP contribution >= 0.6 is 0 Å². The number of ether oxygens (including phenoxy) is 1. The molecular formula is C17H21N3O3. The SMILES string of the molecule is Cc1cccc(OCC(C)N(Nc2ccccc2N)C(=O)O)c1. The van der Waals surface area contributed by atoms with Crippen LogP contribution in [0.4, 0.5) is 16.2 Å². The molecule has 6 heteroatoms. The molecule has 1 unspecified atom stereocenters. The van der Waals surface area contributed by atoms with Crippen molar-refractivity contribution in [3.63, 3.8) is 0 Å². The number of nitrogens with one attached hydrogen (secondary N) is 1. The van der Waals surface area contributed by atoms with Gasteiger partial charge in [0.25, 0.3) is 0 Å². The van der Waals surface area contributed by atoms with Crippen LogP contribution in [0.1, 0.15) is 12.5 Å². The van der Waals surface area contributed by atoms with Crippen LogP contribution in [0.25, 0.3) is 0 Å². The molecule has 0 heterocycles. The van der Waals surface area contributed by atoms with Crippen LogP contribution in [-0.2, 0) is 0 Å². The topological polar surface area (TPSA) is 87.8 Å². The average Bonchev–Trinajstić information content (AvgIpc) is 2.51. The third-order valence-electron chi connectivity index (χ3n) is 3.33. The Balaban J connectivity index is 2.02. The number of anilines is 2. The fourth-order valence-corrected chi connectivity index (χ4v) is 2.07. The first-order chi connectivity index (χ1) is 11.0. The molecule has 2 aromatic rings. The Labute approximate surface area is 135 Å². The Bertz CT molecular complexity index is 676. The third-order valence-corrected chi connectivity index (χ3v) is 3.33. The van der Waals surface area contributed by atoms with Crippen LogP contribution in [0.5, 0.6) is 5.75 Å². The first kappa shape index (κ1) is 16.5. The summed E-state index contributed by atoms with van der Waals surface area (Å²) in [5.74, 6) is 0.710. The molecule has 1 atom stereocenters. The molecule has 2 aromatic carbocycles. The molecule has 0 aliphatic heterocycles. The predicted molar refractivity (Wildman–Crippen MR) is 90.5 cm³/mol. The maximum atomic E-state index is 11.5. The number of amides is 1. The summed E-state index contributed by atoms with van der Waals surface area (Å²) in [6.45, 7) is 3.95. The number of hydrazine groups is 1. The van der Waals surface area contributed by atoms with Crippen molar-refractivity contribution in [3.8, 4) is 5.75 Å². The molecular weight excluding hydrogens is 294 g/mol. The van der Waals surface area contributed by atoms with Crippen molar-refractivity contribution in [1.29, 1.82) is 0 Å². The molecule has 0 saturated heterocycles. The summed E-state index contributed by atoms with van der Waals surface area (Å²) in [7, 11) is 0. The first-order valence-electron chi connectivity index (χ1n) is 7.30. The van der Waals surface area contributed by atoms with Crippen LogP contribution < -0.4 is 15.9 Å². The lowest BCUT2D eigenvalue weighted by molar-refractivity contribution is 0.123. The molecule has 0 radical (unpaired) electrons. The van der Waals surface area contributed by atoms with Gasteiger partial charge in [0.2, 0.25) is 0 Å². The van der Waals surface area contributed by atoms with E-state index in [9.17, 15) is 9.90 Å². The van der Waals surface area contributed by atoms with Crippen LogP contribution in [0, 0.1) is 6.92 Å². The van der Waals surface area contributed by atoms with Crippen molar-refractivity contribution in [1.82, 2.24) is 5.01 Å². The van der Waals surface area contributed by atoms with E-state index in [1.54, 1.807) is 31.2 Å². The van der Waals surface area contributed by atoms with E-state index in [1.165, 1.54) is 0 Å². The van der Waals surface area contributed by atoms with Gasteiger partial charge in [-0.05, 0) is 43.7 Å². The second-order valence-corrected chi connectivity index (χ2v) is 5.33. The van der Waals surface area contributed by atoms with Crippen LogP contribution in [0.2, 0.25) is 0 Å². The summed E-state index contributed by atoms with van der Waals surface area (Å²) in [6, 6.07) is 14.2. The van der Waals surface area contributed by atoms with Gasteiger partial charge in [-0.3, -0.25) is 5.43 Å². The number of benzene rings is 2. The van der Waals surface area contributed by atoms with Crippen molar-refractivity contribution < 1.29 is 14.6 Å². The fraction of sp³-hybridized carbons (Fsp3) is 0.235. The maximum Gasteiger partial charge on any atom is 0.426 e. The maximum absolute atomic E-state index is 11.5. The average molecular weight is 315 g/mol. The molecule has 0 fully saturated rings. The normalized spacial score (nSPS) is 11.6. The number of carbonyl (C=O) groups is 1. The monoisotopic (exact) mass is 315 g/mol. The van der Waals surface area contributed by atoms with E-state index in [0.717, 1.165) is 10.6 Å². The highest BCUT2D eigenvalue weighted by Gasteiger charge is 2.21. The van der Waals surface area contributed by atoms with Gasteiger partial charge in [-0.25, -0.2) is 9.80 Å². The van der Waals surface area contributed by atoms with Crippen LogP contribution in [0.15, 0.2) is 48.5 Å². The van der Waals surface area contributed by atoms with Gasteiger partial charge in [0.15, 0.2) is 0 Å². The number of nitrogens with two attached hydrogens (primary N) is 1. The number of hydrogen-bond acceptors (Lipinski definition) is 4. The Kier molecular flexibility index (Phi) is 5.30. The summed E-state index contributed by atoms with van der Waals surface area (Å²) in [5.41, 5.74) is 10.8. The van der Waals surface area contributed by atoms with Crippen molar-refractivity contribution in [2.75, 3.05) is 17.8 Å². The van der Waals surface area contributed by atoms with Crippen LogP contribution in [0.3, 0.4) is 0 Å². The summed E-state index contributed by atoms with van der Waals surface area (Å²) in [5, 5.41) is 10.5. The summed E-state index contributed by atoms with van der Waals surface area (Å²) >= 11 is 0. The number of nitrogen functional groups attached to an aromatic ring is 1. The number of aryl methyl sites for hydroxylation is 1. The van der Waals surface area contributed by atoms with Gasteiger partial charge in [0, 0.05) is 0 Å². The minimum atomic E-state index is -1.10. The van der Waals surface area contributed by atoms with E-state index in [0.29, 0.717) is 17.1 Å². The van der Waals surface area contributed by atoms with E-state index < -0.39 is 12.1 Å². The van der Waals surface area contributed by atoms with E-state index in [1.807, 2.05) is 31.2 Å². The molecule has 4 N–H and O–H groups in total. The zero-order valence-corrected chi connectivity index (χ0v) is 13.2. The molecule has 0 aliphatic carbocycles. The highest BCUT2D eigenvalue weighted by Crippen LogP contribution is 2.19. The van der Waals surface area contributed by atoms with Gasteiger partial charge in [-0.15, -0.1) is 0 Å². The van der Waals surface area contributed by atoms with Crippen LogP contribution in [-0.4, -0.2) is 28.9 Å². The lowest BCUT2D eigenvalue weighted by Gasteiger charge is -2.28. The first-order valence-corrected chi connectivity index (χ1v) is 7.30. The molecule has 6 nitrogen and oxygen atoms in total. The number of carboxylic acid groups (broad SMARTS) is 1. The molecule has 1 amide bonds. The molecule has 0 spiro atoms. The predicted octanol–water partition coefficient (Wildman–Crippen LogP) is 3.35. The van der Waals surface area contributed by atoms with Gasteiger partial charge in [-0.2, -0.15) is 0 Å². The highest BCUT2D eigenvalue weighted by atomic mass is 16.5. The van der Waals surface area contributed by atoms with E-state index in [2.05, 4.69) is 5.43 Å². The smallest absolute Gasteiger partial charge is 0.426 e. The zero-order chi connectivity index (χ0) is 16.8. The molecule has 23 heavy (non-hydrogen) atoms. The summed E-state index contributed by atoms with van der Waals surface area (Å²) in [6.07, 6.45) is -1.10. The Morgan fingerprint density at radius 3 is 2.70 bits per heavy atom. The zero-order valence-electron chi connectivity index (χ0n) is 13.2. The molecule has 0 saturated carbocycles. The summed E-state index contributed by atoms with van der Waals surface area (Å²) in [4.78, 5) is 11.5. The quantitative estimate of drug-likeness (QED) is 0.562. The van der Waals surface area contributed by atoms with Gasteiger partial charge >= 0.3 is 6.09 Å². The number of hydrogen-bond donors (Lipinski definition) is 3. The number of nitrogens with zero attached hydrogens (tertiary/aromatic N) is 1. The Hall–Kier alpha value is -2.89. The second kappa shape index (κ2) is 7.40. The third kappa shape index (κ3) is 4.54. The molecule has 2 rings (SSSR count). The van der Waals surface area contributed by atoms with E-state index in [-0.39, 0.29) is 6.61 Å². The standard InChI is InChI=1S/C17H21N3O3/c1-12-6-5-7-14(10-12)23-11-13(2)20(17(21)22)19-16-9-4-3-8-15(16)18/h3-10,13,19H,11,18H2,1-2H3,(H,21,22). The molecule has 0 bridgehead atoms. The number of rotatable bonds is 6. The minimum absolute atomic E-state index is 0.218. The van der Waals surface area contributed by atoms with Gasteiger partial charge in [0.1, 0.15) is 12.4 Å². The lowest BCUT2D eigenvalue weighted by Crippen LogP contribution is -2.45. The van der Waals surface area contributed by atoms with Crippen molar-refractivity contribution >= 4 is 17.5 Å². The van der Waals surface area contributed by atoms with Gasteiger partial charge in [0.05, 0.1) is 17.4 Å². The van der Waals surface area contributed by atoms with Crippen molar-refractivity contribution in [2.24, 2.45) is 0 Å². The van der Waals surface area contributed by atoms with Gasteiger partial charge < -0.3 is 15.6 Å². The number of para-hydroxylation sites is 2. The fourth-order valence-electron chi connectivity index (χ4n) is 2.07. The minimum Gasteiger partial charge on any atom is -0.491 e. The van der Waals surface area contributed by atoms with E-state index >= 15 is 0 Å². The van der Waals surface area contributed by atoms with Crippen molar-refractivity contribution in [2.45, 2.75) is 19.9 Å². The van der Waals surface area contributed by atoms with E-state index in [4.69, 9.17) is 10.5 Å². The molecule has 0 aromatic heterocycles.